The first-order valence-corrected chi connectivity index (χ1v) is 13.3. The van der Waals surface area contributed by atoms with Gasteiger partial charge in [0.15, 0.2) is 6.61 Å². The molecule has 0 aromatic heterocycles. The summed E-state index contributed by atoms with van der Waals surface area (Å²) in [6.07, 6.45) is 0. The molecule has 0 unspecified atom stereocenters. The van der Waals surface area contributed by atoms with Crippen LogP contribution in [0.15, 0.2) is 102 Å². The maximum absolute atomic E-state index is 12.8. The fourth-order valence-corrected chi connectivity index (χ4v) is 4.68. The molecule has 4 aromatic rings. The molecule has 0 aliphatic heterocycles. The minimum Gasteiger partial charge on any atom is -0.497 e. The Labute approximate surface area is 222 Å². The van der Waals surface area contributed by atoms with Crippen LogP contribution >= 0.6 is 0 Å². The van der Waals surface area contributed by atoms with Crippen LogP contribution < -0.4 is 24.2 Å². The van der Waals surface area contributed by atoms with Crippen LogP contribution in [-0.4, -0.2) is 28.0 Å². The van der Waals surface area contributed by atoms with E-state index in [9.17, 15) is 13.2 Å². The van der Waals surface area contributed by atoms with E-state index in [1.54, 1.807) is 55.5 Å². The number of benzene rings is 4. The maximum atomic E-state index is 12.8. The predicted octanol–water partition coefficient (Wildman–Crippen LogP) is 5.40. The molecular formula is C29H28N2O6S. The number of ether oxygens (including phenoxy) is 3. The van der Waals surface area contributed by atoms with Crippen molar-refractivity contribution in [3.8, 4) is 17.2 Å². The highest BCUT2D eigenvalue weighted by atomic mass is 32.2. The van der Waals surface area contributed by atoms with Crippen LogP contribution in [0.3, 0.4) is 0 Å². The van der Waals surface area contributed by atoms with Gasteiger partial charge in [0.1, 0.15) is 23.9 Å². The summed E-state index contributed by atoms with van der Waals surface area (Å²) in [7, 11) is -2.27. The number of nitrogens with one attached hydrogen (secondary N) is 2. The first-order chi connectivity index (χ1) is 18.3. The van der Waals surface area contributed by atoms with E-state index in [1.807, 2.05) is 30.3 Å². The zero-order chi connectivity index (χ0) is 27.0. The molecule has 0 fully saturated rings. The third-order valence-electron chi connectivity index (χ3n) is 5.54. The topological polar surface area (TPSA) is 103 Å². The molecule has 196 valence electrons. The highest BCUT2D eigenvalue weighted by Gasteiger charge is 2.16. The molecule has 4 aromatic carbocycles. The molecule has 9 heteroatoms. The maximum Gasteiger partial charge on any atom is 0.262 e. The van der Waals surface area contributed by atoms with Crippen LogP contribution in [0, 0.1) is 6.92 Å². The molecule has 0 radical (unpaired) electrons. The number of carbonyl (C=O) groups is 1. The fourth-order valence-electron chi connectivity index (χ4n) is 3.54. The largest absolute Gasteiger partial charge is 0.497 e. The van der Waals surface area contributed by atoms with E-state index in [-0.39, 0.29) is 17.4 Å². The third-order valence-corrected chi connectivity index (χ3v) is 6.92. The zero-order valence-electron chi connectivity index (χ0n) is 21.0. The van der Waals surface area contributed by atoms with Gasteiger partial charge in [-0.05, 0) is 84.8 Å². The van der Waals surface area contributed by atoms with E-state index in [0.29, 0.717) is 40.8 Å². The first kappa shape index (κ1) is 26.6. The van der Waals surface area contributed by atoms with Crippen molar-refractivity contribution < 1.29 is 27.4 Å². The number of anilines is 2. The van der Waals surface area contributed by atoms with Crippen molar-refractivity contribution in [3.05, 3.63) is 108 Å². The number of sulfonamides is 1. The van der Waals surface area contributed by atoms with Gasteiger partial charge in [-0.2, -0.15) is 0 Å². The van der Waals surface area contributed by atoms with Gasteiger partial charge in [0, 0.05) is 11.4 Å². The van der Waals surface area contributed by atoms with Gasteiger partial charge in [-0.1, -0.05) is 30.3 Å². The Morgan fingerprint density at radius 1 is 0.789 bits per heavy atom. The molecule has 0 saturated heterocycles. The summed E-state index contributed by atoms with van der Waals surface area (Å²) in [6, 6.07) is 27.9. The second-order valence-electron chi connectivity index (χ2n) is 8.40. The molecule has 8 nitrogen and oxygen atoms in total. The quantitative estimate of drug-likeness (QED) is 0.268. The highest BCUT2D eigenvalue weighted by molar-refractivity contribution is 7.92. The monoisotopic (exact) mass is 532 g/mol. The van der Waals surface area contributed by atoms with Gasteiger partial charge in [0.05, 0.1) is 12.0 Å². The third kappa shape index (κ3) is 7.27. The molecule has 4 rings (SSSR count). The molecule has 0 spiro atoms. The molecule has 0 bridgehead atoms. The molecule has 2 N–H and O–H groups in total. The average Bonchev–Trinajstić information content (AvgIpc) is 2.93. The number of hydrogen-bond acceptors (Lipinski definition) is 6. The average molecular weight is 533 g/mol. The van der Waals surface area contributed by atoms with Crippen LogP contribution in [-0.2, 0) is 21.4 Å². The van der Waals surface area contributed by atoms with Gasteiger partial charge in [-0.15, -0.1) is 0 Å². The Balaban J connectivity index is 1.28. The van der Waals surface area contributed by atoms with Crippen molar-refractivity contribution in [2.24, 2.45) is 0 Å². The van der Waals surface area contributed by atoms with Crippen LogP contribution in [0.2, 0.25) is 0 Å². The second kappa shape index (κ2) is 12.2. The Hall–Kier alpha value is -4.50. The summed E-state index contributed by atoms with van der Waals surface area (Å²) in [5.41, 5.74) is 2.66. The number of methoxy groups -OCH3 is 1. The van der Waals surface area contributed by atoms with Crippen molar-refractivity contribution in [2.75, 3.05) is 23.8 Å². The summed E-state index contributed by atoms with van der Waals surface area (Å²) in [4.78, 5) is 12.5. The van der Waals surface area contributed by atoms with Gasteiger partial charge in [0.2, 0.25) is 0 Å². The van der Waals surface area contributed by atoms with E-state index in [1.165, 1.54) is 25.3 Å². The summed E-state index contributed by atoms with van der Waals surface area (Å²) in [5, 5.41) is 2.77. The van der Waals surface area contributed by atoms with Gasteiger partial charge < -0.3 is 19.5 Å². The van der Waals surface area contributed by atoms with E-state index in [0.717, 1.165) is 5.56 Å². The number of amides is 1. The van der Waals surface area contributed by atoms with E-state index < -0.39 is 10.0 Å². The number of hydrogen-bond donors (Lipinski definition) is 2. The zero-order valence-corrected chi connectivity index (χ0v) is 21.8. The number of carbonyl (C=O) groups excluding carboxylic acids is 1. The number of rotatable bonds is 11. The van der Waals surface area contributed by atoms with Crippen LogP contribution in [0.5, 0.6) is 17.2 Å². The van der Waals surface area contributed by atoms with E-state index in [4.69, 9.17) is 14.2 Å². The van der Waals surface area contributed by atoms with Crippen LogP contribution in [0.1, 0.15) is 11.1 Å². The molecule has 0 atom stereocenters. The molecule has 0 aliphatic rings. The summed E-state index contributed by atoms with van der Waals surface area (Å²) >= 11 is 0. The minimum absolute atomic E-state index is 0.0807. The molecule has 1 amide bonds. The summed E-state index contributed by atoms with van der Waals surface area (Å²) in [5.74, 6) is 1.38. The predicted molar refractivity (Wildman–Crippen MR) is 146 cm³/mol. The van der Waals surface area contributed by atoms with Gasteiger partial charge in [0.25, 0.3) is 15.9 Å². The second-order valence-corrected chi connectivity index (χ2v) is 10.1. The molecule has 0 saturated carbocycles. The SMILES string of the molecule is COc1ccc(NS(=O)(=O)c2ccc(OCC(=O)Nc3ccc(OCc4ccccc4)cc3)c(C)c2)cc1. The van der Waals surface area contributed by atoms with Crippen molar-refractivity contribution in [1.29, 1.82) is 0 Å². The summed E-state index contributed by atoms with van der Waals surface area (Å²) in [6.45, 7) is 1.94. The van der Waals surface area contributed by atoms with E-state index in [2.05, 4.69) is 10.0 Å². The fraction of sp³-hybridized carbons (Fsp3) is 0.138. The molecule has 38 heavy (non-hydrogen) atoms. The lowest BCUT2D eigenvalue weighted by molar-refractivity contribution is -0.118. The standard InChI is InChI=1S/C29H28N2O6S/c1-21-18-27(38(33,34)31-24-10-12-25(35-2)13-11-24)16-17-28(21)37-20-29(32)30-23-8-14-26(15-9-23)36-19-22-6-4-3-5-7-22/h3-18,31H,19-20H2,1-2H3,(H,30,32). The number of aryl methyl sites for hydroxylation is 1. The first-order valence-electron chi connectivity index (χ1n) is 11.8. The smallest absolute Gasteiger partial charge is 0.262 e. The van der Waals surface area contributed by atoms with Crippen molar-refractivity contribution in [2.45, 2.75) is 18.4 Å². The Kier molecular flexibility index (Phi) is 8.50. The highest BCUT2D eigenvalue weighted by Crippen LogP contribution is 2.25. The lowest BCUT2D eigenvalue weighted by atomic mass is 10.2. The Morgan fingerprint density at radius 2 is 1.45 bits per heavy atom. The Morgan fingerprint density at radius 3 is 2.11 bits per heavy atom. The Bertz CT molecular complexity index is 1470. The van der Waals surface area contributed by atoms with Crippen molar-refractivity contribution >= 4 is 27.3 Å². The van der Waals surface area contributed by atoms with Gasteiger partial charge >= 0.3 is 0 Å². The van der Waals surface area contributed by atoms with Crippen molar-refractivity contribution in [3.63, 3.8) is 0 Å². The van der Waals surface area contributed by atoms with Crippen LogP contribution in [0.25, 0.3) is 0 Å². The van der Waals surface area contributed by atoms with Gasteiger partial charge in [-0.3, -0.25) is 9.52 Å². The van der Waals surface area contributed by atoms with Gasteiger partial charge in [-0.25, -0.2) is 8.42 Å². The summed E-state index contributed by atoms with van der Waals surface area (Å²) < 4.78 is 44.5. The van der Waals surface area contributed by atoms with Crippen LogP contribution in [0.4, 0.5) is 11.4 Å². The normalized spacial score (nSPS) is 10.9. The van der Waals surface area contributed by atoms with Crippen molar-refractivity contribution in [1.82, 2.24) is 0 Å². The lowest BCUT2D eigenvalue weighted by Gasteiger charge is -2.13. The molecular weight excluding hydrogens is 504 g/mol. The van der Waals surface area contributed by atoms with E-state index >= 15 is 0 Å². The molecule has 0 heterocycles. The minimum atomic E-state index is -3.80. The lowest BCUT2D eigenvalue weighted by Crippen LogP contribution is -2.20. The molecule has 0 aliphatic carbocycles.